The number of alkyl halides is 3. The number of ether oxygens (including phenoxy) is 1. The zero-order chi connectivity index (χ0) is 24.5. The van der Waals surface area contributed by atoms with Gasteiger partial charge < -0.3 is 15.0 Å². The molecule has 3 aromatic rings. The maximum Gasteiger partial charge on any atom is 0.436 e. The van der Waals surface area contributed by atoms with E-state index in [-0.39, 0.29) is 12.4 Å². The lowest BCUT2D eigenvalue weighted by atomic mass is 10.1. The van der Waals surface area contributed by atoms with Crippen LogP contribution in [0, 0.1) is 3.57 Å². The molecule has 1 N–H and O–H groups in total. The normalized spacial score (nSPS) is 14.2. The van der Waals surface area contributed by atoms with Crippen LogP contribution in [0.4, 0.5) is 19.0 Å². The molecule has 4 rings (SSSR count). The Hall–Kier alpha value is -2.60. The van der Waals surface area contributed by atoms with Crippen LogP contribution in [0.2, 0.25) is 0 Å². The summed E-state index contributed by atoms with van der Waals surface area (Å²) < 4.78 is 49.0. The molecule has 6 nitrogen and oxygen atoms in total. The number of carbonyl (C=O) groups is 1. The molecule has 2 heterocycles. The number of halogens is 4. The van der Waals surface area contributed by atoms with E-state index in [4.69, 9.17) is 4.74 Å². The SMILES string of the molecule is COCc1ccc([C@H](C)NC(=O)c2c(C(F)(F)F)nn3c2N(Cc2cccc(I)c2)CC3)cc1. The minimum absolute atomic E-state index is 0.200. The van der Waals surface area contributed by atoms with Crippen molar-refractivity contribution in [3.8, 4) is 0 Å². The summed E-state index contributed by atoms with van der Waals surface area (Å²) in [4.78, 5) is 15.0. The maximum atomic E-state index is 13.9. The maximum absolute atomic E-state index is 13.9. The number of amides is 1. The highest BCUT2D eigenvalue weighted by molar-refractivity contribution is 14.1. The fourth-order valence-corrected chi connectivity index (χ4v) is 4.70. The third kappa shape index (κ3) is 5.22. The average Bonchev–Trinajstić information content (AvgIpc) is 3.34. The third-order valence-electron chi connectivity index (χ3n) is 5.70. The molecule has 0 bridgehead atoms. The van der Waals surface area contributed by atoms with Crippen LogP contribution in [0.15, 0.2) is 48.5 Å². The number of carbonyl (C=O) groups excluding carboxylic acids is 1. The number of rotatable bonds is 7. The van der Waals surface area contributed by atoms with Gasteiger partial charge in [-0.25, -0.2) is 4.68 Å². The quantitative estimate of drug-likeness (QED) is 0.390. The highest BCUT2D eigenvalue weighted by atomic mass is 127. The van der Waals surface area contributed by atoms with Gasteiger partial charge in [0, 0.05) is 23.8 Å². The summed E-state index contributed by atoms with van der Waals surface area (Å²) in [7, 11) is 1.60. The van der Waals surface area contributed by atoms with E-state index in [9.17, 15) is 18.0 Å². The van der Waals surface area contributed by atoms with E-state index in [1.807, 2.05) is 48.5 Å². The van der Waals surface area contributed by atoms with Crippen LogP contribution in [-0.2, 0) is 30.6 Å². The second kappa shape index (κ2) is 9.95. The molecule has 1 atom stereocenters. The van der Waals surface area contributed by atoms with Crippen molar-refractivity contribution in [1.82, 2.24) is 15.1 Å². The summed E-state index contributed by atoms with van der Waals surface area (Å²) in [5.74, 6) is -0.595. The van der Waals surface area contributed by atoms with E-state index in [1.54, 1.807) is 18.9 Å². The van der Waals surface area contributed by atoms with E-state index in [0.29, 0.717) is 19.7 Å². The lowest BCUT2D eigenvalue weighted by Crippen LogP contribution is -2.31. The van der Waals surface area contributed by atoms with Gasteiger partial charge in [-0.15, -0.1) is 0 Å². The Labute approximate surface area is 209 Å². The average molecular weight is 584 g/mol. The van der Waals surface area contributed by atoms with Crippen LogP contribution in [0.3, 0.4) is 0 Å². The van der Waals surface area contributed by atoms with Crippen LogP contribution in [0.25, 0.3) is 0 Å². The van der Waals surface area contributed by atoms with Gasteiger partial charge >= 0.3 is 6.18 Å². The molecular formula is C24H24F3IN4O2. The molecule has 1 aliphatic heterocycles. The van der Waals surface area contributed by atoms with Crippen molar-refractivity contribution in [3.05, 3.63) is 80.0 Å². The van der Waals surface area contributed by atoms with E-state index in [1.165, 1.54) is 4.68 Å². The minimum atomic E-state index is -4.75. The van der Waals surface area contributed by atoms with Crippen molar-refractivity contribution < 1.29 is 22.7 Å². The number of benzene rings is 2. The van der Waals surface area contributed by atoms with Crippen molar-refractivity contribution in [3.63, 3.8) is 0 Å². The number of hydrogen-bond acceptors (Lipinski definition) is 4. The molecule has 0 saturated carbocycles. The molecule has 1 amide bonds. The lowest BCUT2D eigenvalue weighted by molar-refractivity contribution is -0.141. The summed E-state index contributed by atoms with van der Waals surface area (Å²) in [5, 5.41) is 6.51. The Balaban J connectivity index is 1.63. The zero-order valence-electron chi connectivity index (χ0n) is 18.7. The number of hydrogen-bond donors (Lipinski definition) is 1. The summed E-state index contributed by atoms with van der Waals surface area (Å²) in [5.41, 5.74) is 1.10. The highest BCUT2D eigenvalue weighted by Gasteiger charge is 2.44. The molecule has 0 unspecified atom stereocenters. The Morgan fingerprint density at radius 1 is 1.18 bits per heavy atom. The smallest absolute Gasteiger partial charge is 0.380 e. The summed E-state index contributed by atoms with van der Waals surface area (Å²) in [6.07, 6.45) is -4.75. The fraction of sp³-hybridized carbons (Fsp3) is 0.333. The van der Waals surface area contributed by atoms with E-state index in [2.05, 4.69) is 33.0 Å². The van der Waals surface area contributed by atoms with Gasteiger partial charge in [0.05, 0.1) is 19.2 Å². The van der Waals surface area contributed by atoms with Crippen molar-refractivity contribution in [2.45, 2.75) is 38.8 Å². The van der Waals surface area contributed by atoms with Gasteiger partial charge in [-0.2, -0.15) is 18.3 Å². The Morgan fingerprint density at radius 3 is 2.56 bits per heavy atom. The fourth-order valence-electron chi connectivity index (χ4n) is 4.09. The van der Waals surface area contributed by atoms with Gasteiger partial charge in [-0.3, -0.25) is 4.79 Å². The molecule has 0 radical (unpaired) electrons. The predicted octanol–water partition coefficient (Wildman–Crippen LogP) is 5.16. The van der Waals surface area contributed by atoms with Crippen molar-refractivity contribution >= 4 is 34.3 Å². The molecule has 2 aromatic carbocycles. The molecule has 0 fully saturated rings. The molecular weight excluding hydrogens is 560 g/mol. The van der Waals surface area contributed by atoms with Crippen LogP contribution >= 0.6 is 22.6 Å². The van der Waals surface area contributed by atoms with Crippen molar-refractivity contribution in [1.29, 1.82) is 0 Å². The minimum Gasteiger partial charge on any atom is -0.380 e. The number of methoxy groups -OCH3 is 1. The standard InChI is InChI=1S/C24H24F3IN4O2/c1-15(18-8-6-16(7-9-18)14-34-2)29-22(33)20-21(24(25,26)27)30-32-11-10-31(23(20)32)13-17-4-3-5-19(28)12-17/h3-9,12,15H,10-11,13-14H2,1-2H3,(H,29,33)/t15-/m0/s1. The topological polar surface area (TPSA) is 59.4 Å². The van der Waals surface area contributed by atoms with Gasteiger partial charge in [0.1, 0.15) is 11.4 Å². The zero-order valence-corrected chi connectivity index (χ0v) is 20.9. The molecule has 34 heavy (non-hydrogen) atoms. The predicted molar refractivity (Wildman–Crippen MR) is 130 cm³/mol. The number of nitrogens with one attached hydrogen (secondary N) is 1. The second-order valence-electron chi connectivity index (χ2n) is 8.19. The molecule has 180 valence electrons. The largest absolute Gasteiger partial charge is 0.436 e. The first kappa shape index (κ1) is 24.5. The number of aromatic nitrogens is 2. The first-order valence-electron chi connectivity index (χ1n) is 10.7. The van der Waals surface area contributed by atoms with Gasteiger partial charge in [-0.1, -0.05) is 36.4 Å². The van der Waals surface area contributed by atoms with Crippen LogP contribution < -0.4 is 10.2 Å². The van der Waals surface area contributed by atoms with Crippen LogP contribution in [0.5, 0.6) is 0 Å². The number of fused-ring (bicyclic) bond motifs is 1. The summed E-state index contributed by atoms with van der Waals surface area (Å²) >= 11 is 2.19. The van der Waals surface area contributed by atoms with E-state index < -0.39 is 29.4 Å². The molecule has 0 saturated heterocycles. The van der Waals surface area contributed by atoms with E-state index in [0.717, 1.165) is 20.3 Å². The summed E-state index contributed by atoms with van der Waals surface area (Å²) in [6.45, 7) is 3.34. The Kier molecular flexibility index (Phi) is 7.17. The molecule has 10 heteroatoms. The van der Waals surface area contributed by atoms with Crippen molar-refractivity contribution in [2.75, 3.05) is 18.6 Å². The van der Waals surface area contributed by atoms with Crippen LogP contribution in [-0.4, -0.2) is 29.3 Å². The molecule has 1 aromatic heterocycles. The second-order valence-corrected chi connectivity index (χ2v) is 9.43. The number of anilines is 1. The number of nitrogens with zero attached hydrogens (tertiary/aromatic N) is 3. The van der Waals surface area contributed by atoms with Gasteiger partial charge in [0.25, 0.3) is 5.91 Å². The first-order valence-corrected chi connectivity index (χ1v) is 11.8. The highest BCUT2D eigenvalue weighted by Crippen LogP contribution is 2.38. The van der Waals surface area contributed by atoms with E-state index >= 15 is 0 Å². The van der Waals surface area contributed by atoms with Gasteiger partial charge in [0.15, 0.2) is 5.69 Å². The molecule has 1 aliphatic rings. The first-order chi connectivity index (χ1) is 16.2. The van der Waals surface area contributed by atoms with Gasteiger partial charge in [0.2, 0.25) is 0 Å². The monoisotopic (exact) mass is 584 g/mol. The summed E-state index contributed by atoms with van der Waals surface area (Å²) in [6, 6.07) is 14.6. The Bertz CT molecular complexity index is 1180. The van der Waals surface area contributed by atoms with Crippen molar-refractivity contribution in [2.24, 2.45) is 0 Å². The lowest BCUT2D eigenvalue weighted by Gasteiger charge is -2.21. The van der Waals surface area contributed by atoms with Gasteiger partial charge in [-0.05, 0) is 58.3 Å². The molecule has 0 spiro atoms. The Morgan fingerprint density at radius 2 is 1.91 bits per heavy atom. The van der Waals surface area contributed by atoms with Crippen LogP contribution in [0.1, 0.15) is 45.7 Å². The molecule has 0 aliphatic carbocycles. The third-order valence-corrected chi connectivity index (χ3v) is 6.37.